The molecule has 1 aliphatic heterocycles. The van der Waals surface area contributed by atoms with Crippen LogP contribution in [0.15, 0.2) is 53.5 Å². The van der Waals surface area contributed by atoms with Crippen LogP contribution in [0.25, 0.3) is 0 Å². The molecule has 112 valence electrons. The highest BCUT2D eigenvalue weighted by molar-refractivity contribution is 5.98. The van der Waals surface area contributed by atoms with Crippen LogP contribution in [0.5, 0.6) is 0 Å². The van der Waals surface area contributed by atoms with Gasteiger partial charge in [-0.3, -0.25) is 14.4 Å². The summed E-state index contributed by atoms with van der Waals surface area (Å²) < 4.78 is 0. The Labute approximate surface area is 126 Å². The molecule has 1 atom stereocenters. The number of para-hydroxylation sites is 1. The molecule has 6 nitrogen and oxygen atoms in total. The molecule has 1 saturated heterocycles. The number of amides is 2. The Balaban J connectivity index is 1.67. The molecule has 1 fully saturated rings. The molecule has 2 aromatic rings. The highest BCUT2D eigenvalue weighted by atomic mass is 16.2. The summed E-state index contributed by atoms with van der Waals surface area (Å²) in [5.74, 6) is -0.318. The van der Waals surface area contributed by atoms with Gasteiger partial charge in [0.1, 0.15) is 0 Å². The average molecular weight is 297 g/mol. The topological polar surface area (TPSA) is 82.3 Å². The molecule has 22 heavy (non-hydrogen) atoms. The van der Waals surface area contributed by atoms with Gasteiger partial charge in [-0.1, -0.05) is 18.2 Å². The summed E-state index contributed by atoms with van der Waals surface area (Å²) in [5.41, 5.74) is 0.932. The van der Waals surface area contributed by atoms with Gasteiger partial charge in [0.2, 0.25) is 11.5 Å². The van der Waals surface area contributed by atoms with E-state index >= 15 is 0 Å². The van der Waals surface area contributed by atoms with Crippen LogP contribution in [0.3, 0.4) is 0 Å². The number of pyridine rings is 1. The third-order valence-electron chi connectivity index (χ3n) is 3.57. The Hall–Kier alpha value is -2.89. The maximum Gasteiger partial charge on any atom is 0.253 e. The fraction of sp³-hybridized carbons (Fsp3) is 0.188. The normalized spacial score (nSPS) is 17.5. The van der Waals surface area contributed by atoms with Crippen molar-refractivity contribution in [1.29, 1.82) is 0 Å². The zero-order chi connectivity index (χ0) is 15.5. The lowest BCUT2D eigenvalue weighted by molar-refractivity contribution is -0.117. The highest BCUT2D eigenvalue weighted by Crippen LogP contribution is 2.21. The fourth-order valence-electron chi connectivity index (χ4n) is 2.48. The lowest BCUT2D eigenvalue weighted by Crippen LogP contribution is -2.37. The second-order valence-electron chi connectivity index (χ2n) is 5.16. The third-order valence-corrected chi connectivity index (χ3v) is 3.57. The minimum Gasteiger partial charge on any atom is -0.347 e. The molecule has 0 saturated carbocycles. The van der Waals surface area contributed by atoms with E-state index < -0.39 is 0 Å². The Bertz CT molecular complexity index is 734. The fourth-order valence-corrected chi connectivity index (χ4v) is 2.48. The van der Waals surface area contributed by atoms with Crippen molar-refractivity contribution < 1.29 is 9.59 Å². The van der Waals surface area contributed by atoms with Crippen LogP contribution in [-0.2, 0) is 4.79 Å². The number of rotatable bonds is 3. The van der Waals surface area contributed by atoms with E-state index in [4.69, 9.17) is 0 Å². The molecular weight excluding hydrogens is 282 g/mol. The number of carbonyl (C=O) groups is 2. The van der Waals surface area contributed by atoms with Gasteiger partial charge in [-0.05, 0) is 18.2 Å². The first-order valence-electron chi connectivity index (χ1n) is 6.98. The molecule has 0 spiro atoms. The number of carbonyl (C=O) groups excluding carboxylic acids is 2. The lowest BCUT2D eigenvalue weighted by atomic mass is 10.2. The second kappa shape index (κ2) is 5.85. The Kier molecular flexibility index (Phi) is 3.74. The Morgan fingerprint density at radius 3 is 2.59 bits per heavy atom. The number of nitrogens with one attached hydrogen (secondary N) is 2. The number of nitrogens with zero attached hydrogens (tertiary/aromatic N) is 1. The first-order valence-corrected chi connectivity index (χ1v) is 6.98. The molecule has 2 heterocycles. The van der Waals surface area contributed by atoms with Crippen LogP contribution >= 0.6 is 0 Å². The third kappa shape index (κ3) is 2.90. The summed E-state index contributed by atoms with van der Waals surface area (Å²) in [7, 11) is 0. The smallest absolute Gasteiger partial charge is 0.253 e. The van der Waals surface area contributed by atoms with Gasteiger partial charge in [0.25, 0.3) is 5.91 Å². The van der Waals surface area contributed by atoms with Gasteiger partial charge < -0.3 is 15.2 Å². The summed E-state index contributed by atoms with van der Waals surface area (Å²) in [5, 5.41) is 2.82. The van der Waals surface area contributed by atoms with E-state index in [1.54, 1.807) is 4.90 Å². The maximum absolute atomic E-state index is 12.1. The lowest BCUT2D eigenvalue weighted by Gasteiger charge is -2.17. The number of anilines is 1. The van der Waals surface area contributed by atoms with Crippen LogP contribution in [0.1, 0.15) is 16.8 Å². The van der Waals surface area contributed by atoms with Crippen molar-refractivity contribution in [1.82, 2.24) is 10.3 Å². The highest BCUT2D eigenvalue weighted by Gasteiger charge is 2.31. The van der Waals surface area contributed by atoms with Crippen molar-refractivity contribution in [3.05, 3.63) is 64.6 Å². The van der Waals surface area contributed by atoms with Crippen molar-refractivity contribution in [2.75, 3.05) is 11.4 Å². The Morgan fingerprint density at radius 1 is 1.14 bits per heavy atom. The van der Waals surface area contributed by atoms with Gasteiger partial charge in [0, 0.05) is 30.9 Å². The molecular formula is C16H15N3O3. The van der Waals surface area contributed by atoms with Crippen molar-refractivity contribution in [2.24, 2.45) is 0 Å². The summed E-state index contributed by atoms with van der Waals surface area (Å²) >= 11 is 0. The predicted molar refractivity (Wildman–Crippen MR) is 81.7 cm³/mol. The molecule has 0 aliphatic carbocycles. The first-order chi connectivity index (χ1) is 10.6. The van der Waals surface area contributed by atoms with Gasteiger partial charge in [-0.15, -0.1) is 0 Å². The number of H-pyrrole nitrogens is 1. The number of benzene rings is 1. The van der Waals surface area contributed by atoms with Gasteiger partial charge >= 0.3 is 0 Å². The van der Waals surface area contributed by atoms with Crippen molar-refractivity contribution in [3.8, 4) is 0 Å². The van der Waals surface area contributed by atoms with Gasteiger partial charge in [0.15, 0.2) is 0 Å². The van der Waals surface area contributed by atoms with Crippen molar-refractivity contribution >= 4 is 17.5 Å². The largest absolute Gasteiger partial charge is 0.347 e. The molecule has 0 bridgehead atoms. The monoisotopic (exact) mass is 297 g/mol. The van der Waals surface area contributed by atoms with Crippen LogP contribution in [0, 0.1) is 0 Å². The molecule has 1 unspecified atom stereocenters. The first kappa shape index (κ1) is 14.1. The van der Waals surface area contributed by atoms with Crippen LogP contribution in [-0.4, -0.2) is 29.4 Å². The Morgan fingerprint density at radius 2 is 1.91 bits per heavy atom. The molecule has 2 amide bonds. The minimum atomic E-state index is -0.302. The summed E-state index contributed by atoms with van der Waals surface area (Å²) in [6.07, 6.45) is 1.63. The zero-order valence-corrected chi connectivity index (χ0v) is 11.8. The van der Waals surface area contributed by atoms with E-state index in [0.717, 1.165) is 5.69 Å². The molecule has 0 radical (unpaired) electrons. The zero-order valence-electron chi connectivity index (χ0n) is 11.8. The van der Waals surface area contributed by atoms with E-state index in [0.29, 0.717) is 12.1 Å². The number of hydrogen-bond acceptors (Lipinski definition) is 3. The molecule has 1 aromatic heterocycles. The molecule has 1 aromatic carbocycles. The van der Waals surface area contributed by atoms with Crippen molar-refractivity contribution in [3.63, 3.8) is 0 Å². The van der Waals surface area contributed by atoms with E-state index in [-0.39, 0.29) is 29.8 Å². The van der Waals surface area contributed by atoms with E-state index in [1.165, 1.54) is 18.3 Å². The number of aromatic nitrogens is 1. The summed E-state index contributed by atoms with van der Waals surface area (Å²) in [4.78, 5) is 39.3. The van der Waals surface area contributed by atoms with Gasteiger partial charge in [0.05, 0.1) is 11.6 Å². The molecule has 1 aliphatic rings. The molecule has 3 rings (SSSR count). The molecule has 6 heteroatoms. The summed E-state index contributed by atoms with van der Waals surface area (Å²) in [6, 6.07) is 11.9. The van der Waals surface area contributed by atoms with E-state index in [9.17, 15) is 14.4 Å². The molecule has 2 N–H and O–H groups in total. The van der Waals surface area contributed by atoms with Crippen LogP contribution in [0.2, 0.25) is 0 Å². The van der Waals surface area contributed by atoms with Crippen molar-refractivity contribution in [2.45, 2.75) is 12.5 Å². The number of hydrogen-bond donors (Lipinski definition) is 2. The van der Waals surface area contributed by atoms with Crippen LogP contribution < -0.4 is 15.8 Å². The number of aromatic amines is 1. The van der Waals surface area contributed by atoms with E-state index in [2.05, 4.69) is 10.3 Å². The predicted octanol–water partition coefficient (Wildman–Crippen LogP) is 0.910. The maximum atomic E-state index is 12.1. The van der Waals surface area contributed by atoms with Gasteiger partial charge in [-0.25, -0.2) is 0 Å². The summed E-state index contributed by atoms with van der Waals surface area (Å²) in [6.45, 7) is 0.442. The minimum absolute atomic E-state index is 0.0158. The second-order valence-corrected chi connectivity index (χ2v) is 5.16. The average Bonchev–Trinajstić information content (AvgIpc) is 2.89. The van der Waals surface area contributed by atoms with Gasteiger partial charge in [-0.2, -0.15) is 0 Å². The standard InChI is InChI=1S/C16H15N3O3/c20-14-7-6-11(9-17-14)16(22)18-12-8-15(21)19(10-12)13-4-2-1-3-5-13/h1-7,9,12H,8,10H2,(H,17,20)(H,18,22). The van der Waals surface area contributed by atoms with E-state index in [1.807, 2.05) is 30.3 Å². The quantitative estimate of drug-likeness (QED) is 0.883. The van der Waals surface area contributed by atoms with Crippen LogP contribution in [0.4, 0.5) is 5.69 Å². The SMILES string of the molecule is O=C(NC1CC(=O)N(c2ccccc2)C1)c1ccc(=O)[nH]c1.